The largest absolute Gasteiger partial charge is 0.478 e. The molecule has 5 nitrogen and oxygen atoms in total. The number of pyridine rings is 1. The highest BCUT2D eigenvalue weighted by Gasteiger charge is 2.28. The Kier molecular flexibility index (Phi) is 4.45. The van der Waals surface area contributed by atoms with Gasteiger partial charge < -0.3 is 10.0 Å². The smallest absolute Gasteiger partial charge is 0.339 e. The first kappa shape index (κ1) is 14.8. The fourth-order valence-corrected chi connectivity index (χ4v) is 3.74. The van der Waals surface area contributed by atoms with Crippen molar-refractivity contribution in [3.63, 3.8) is 0 Å². The van der Waals surface area contributed by atoms with Crippen LogP contribution in [0.2, 0.25) is 0 Å². The molecule has 0 aromatic carbocycles. The Hall–Kier alpha value is -1.14. The van der Waals surface area contributed by atoms with Crippen molar-refractivity contribution >= 4 is 27.7 Å². The third kappa shape index (κ3) is 3.21. The lowest BCUT2D eigenvalue weighted by Crippen LogP contribution is -2.50. The Morgan fingerprint density at radius 1 is 1.24 bits per heavy atom. The predicted octanol–water partition coefficient (Wildman–Crippen LogP) is 2.61. The van der Waals surface area contributed by atoms with Gasteiger partial charge in [-0.25, -0.2) is 9.78 Å². The van der Waals surface area contributed by atoms with Gasteiger partial charge in [-0.05, 0) is 34.8 Å². The number of hydrogen-bond acceptors (Lipinski definition) is 4. The second kappa shape index (κ2) is 6.32. The topological polar surface area (TPSA) is 56.7 Å². The molecule has 1 aromatic rings. The maximum absolute atomic E-state index is 11.4. The number of rotatable bonds is 3. The van der Waals surface area contributed by atoms with Crippen molar-refractivity contribution in [2.75, 3.05) is 31.1 Å². The van der Waals surface area contributed by atoms with Gasteiger partial charge in [0.1, 0.15) is 11.4 Å². The summed E-state index contributed by atoms with van der Waals surface area (Å²) < 4.78 is 0.702. The fraction of sp³-hybridized carbons (Fsp3) is 0.600. The molecule has 2 fully saturated rings. The first-order valence-electron chi connectivity index (χ1n) is 7.53. The fourth-order valence-electron chi connectivity index (χ4n) is 3.41. The maximum atomic E-state index is 11.4. The van der Waals surface area contributed by atoms with Gasteiger partial charge in [-0.15, -0.1) is 0 Å². The molecule has 0 unspecified atom stereocenters. The molecule has 1 saturated heterocycles. The Bertz CT molecular complexity index is 524. The Morgan fingerprint density at radius 2 is 1.90 bits per heavy atom. The van der Waals surface area contributed by atoms with Crippen molar-refractivity contribution in [2.45, 2.75) is 31.7 Å². The molecule has 0 radical (unpaired) electrons. The third-order valence-corrected chi connectivity index (χ3v) is 4.95. The lowest BCUT2D eigenvalue weighted by molar-refractivity contribution is 0.0696. The van der Waals surface area contributed by atoms with E-state index in [2.05, 4.69) is 30.7 Å². The molecule has 1 saturated carbocycles. The second-order valence-corrected chi connectivity index (χ2v) is 6.71. The van der Waals surface area contributed by atoms with Crippen LogP contribution in [0, 0.1) is 0 Å². The molecule has 1 aromatic heterocycles. The number of piperazine rings is 1. The number of anilines is 1. The summed E-state index contributed by atoms with van der Waals surface area (Å²) in [5, 5.41) is 9.35. The van der Waals surface area contributed by atoms with E-state index in [1.165, 1.54) is 25.7 Å². The summed E-state index contributed by atoms with van der Waals surface area (Å²) in [6.07, 6.45) is 7.00. The van der Waals surface area contributed by atoms with Crippen molar-refractivity contribution in [3.8, 4) is 0 Å². The molecular formula is C15H20BrN3O2. The molecule has 0 spiro atoms. The number of carboxylic acids is 1. The van der Waals surface area contributed by atoms with E-state index in [0.29, 0.717) is 10.3 Å². The number of aromatic nitrogens is 1. The molecule has 21 heavy (non-hydrogen) atoms. The van der Waals surface area contributed by atoms with E-state index < -0.39 is 5.97 Å². The summed E-state index contributed by atoms with van der Waals surface area (Å²) in [7, 11) is 0. The molecule has 6 heteroatoms. The van der Waals surface area contributed by atoms with Crippen molar-refractivity contribution in [1.29, 1.82) is 0 Å². The highest BCUT2D eigenvalue weighted by Crippen LogP contribution is 2.27. The molecule has 1 aliphatic heterocycles. The van der Waals surface area contributed by atoms with E-state index in [9.17, 15) is 9.90 Å². The van der Waals surface area contributed by atoms with Crippen molar-refractivity contribution in [2.24, 2.45) is 0 Å². The average Bonchev–Trinajstić information content (AvgIpc) is 3.01. The van der Waals surface area contributed by atoms with Crippen LogP contribution >= 0.6 is 15.9 Å². The number of nitrogens with zero attached hydrogens (tertiary/aromatic N) is 3. The molecule has 1 N–H and O–H groups in total. The Balaban J connectivity index is 1.70. The highest BCUT2D eigenvalue weighted by atomic mass is 79.9. The second-order valence-electron chi connectivity index (χ2n) is 5.79. The predicted molar refractivity (Wildman–Crippen MR) is 84.9 cm³/mol. The van der Waals surface area contributed by atoms with E-state index in [-0.39, 0.29) is 5.56 Å². The zero-order chi connectivity index (χ0) is 14.8. The standard InChI is InChI=1S/C15H20BrN3O2/c16-11-9-13(15(20)21)14(17-10-11)19-7-5-18(6-8-19)12-3-1-2-4-12/h9-10,12H,1-8H2,(H,20,21). The van der Waals surface area contributed by atoms with Crippen molar-refractivity contribution < 1.29 is 9.90 Å². The number of carboxylic acid groups (broad SMARTS) is 1. The first-order chi connectivity index (χ1) is 10.1. The average molecular weight is 354 g/mol. The number of hydrogen-bond donors (Lipinski definition) is 1. The van der Waals surface area contributed by atoms with Crippen LogP contribution in [0.15, 0.2) is 16.7 Å². The number of aromatic carboxylic acids is 1. The number of carbonyl (C=O) groups is 1. The van der Waals surface area contributed by atoms with Crippen molar-refractivity contribution in [3.05, 3.63) is 22.3 Å². The monoisotopic (exact) mass is 353 g/mol. The van der Waals surface area contributed by atoms with Crippen LogP contribution in [0.25, 0.3) is 0 Å². The summed E-state index contributed by atoms with van der Waals surface area (Å²) in [6, 6.07) is 2.37. The Morgan fingerprint density at radius 3 is 2.52 bits per heavy atom. The summed E-state index contributed by atoms with van der Waals surface area (Å²) in [6.45, 7) is 3.71. The van der Waals surface area contributed by atoms with E-state index in [1.807, 2.05) is 0 Å². The van der Waals surface area contributed by atoms with Crippen LogP contribution in [0.1, 0.15) is 36.0 Å². The van der Waals surface area contributed by atoms with Crippen LogP contribution in [-0.2, 0) is 0 Å². The van der Waals surface area contributed by atoms with Crippen LogP contribution in [0.4, 0.5) is 5.82 Å². The van der Waals surface area contributed by atoms with Gasteiger partial charge in [0.05, 0.1) is 0 Å². The van der Waals surface area contributed by atoms with Gasteiger partial charge in [-0.2, -0.15) is 0 Å². The molecular weight excluding hydrogens is 334 g/mol. The molecule has 0 atom stereocenters. The summed E-state index contributed by atoms with van der Waals surface area (Å²) in [4.78, 5) is 20.4. The molecule has 114 valence electrons. The summed E-state index contributed by atoms with van der Waals surface area (Å²) in [5.41, 5.74) is 0.277. The van der Waals surface area contributed by atoms with Gasteiger partial charge in [-0.1, -0.05) is 12.8 Å². The van der Waals surface area contributed by atoms with Gasteiger partial charge in [0.15, 0.2) is 0 Å². The van der Waals surface area contributed by atoms with Crippen LogP contribution in [0.3, 0.4) is 0 Å². The van der Waals surface area contributed by atoms with Gasteiger partial charge >= 0.3 is 5.97 Å². The normalized spacial score (nSPS) is 20.9. The Labute approximate surface area is 133 Å². The molecule has 2 aliphatic rings. The van der Waals surface area contributed by atoms with Crippen LogP contribution in [-0.4, -0.2) is 53.2 Å². The lowest BCUT2D eigenvalue weighted by atomic mass is 10.1. The zero-order valence-electron chi connectivity index (χ0n) is 12.0. The summed E-state index contributed by atoms with van der Waals surface area (Å²) in [5.74, 6) is -0.325. The quantitative estimate of drug-likeness (QED) is 0.904. The zero-order valence-corrected chi connectivity index (χ0v) is 13.5. The van der Waals surface area contributed by atoms with Crippen LogP contribution < -0.4 is 4.90 Å². The minimum Gasteiger partial charge on any atom is -0.478 e. The minimum atomic E-state index is -0.919. The third-order valence-electron chi connectivity index (χ3n) is 4.52. The van der Waals surface area contributed by atoms with E-state index >= 15 is 0 Å². The number of halogens is 1. The first-order valence-corrected chi connectivity index (χ1v) is 8.32. The SMILES string of the molecule is O=C(O)c1cc(Br)cnc1N1CCN(C2CCCC2)CC1. The van der Waals surface area contributed by atoms with E-state index in [4.69, 9.17) is 0 Å². The van der Waals surface area contributed by atoms with Gasteiger partial charge in [0.25, 0.3) is 0 Å². The molecule has 0 amide bonds. The molecule has 3 rings (SSSR count). The van der Waals surface area contributed by atoms with E-state index in [0.717, 1.165) is 32.2 Å². The summed E-state index contributed by atoms with van der Waals surface area (Å²) >= 11 is 3.29. The minimum absolute atomic E-state index is 0.277. The van der Waals surface area contributed by atoms with Gasteiger partial charge in [-0.3, -0.25) is 4.90 Å². The molecule has 2 heterocycles. The van der Waals surface area contributed by atoms with E-state index in [1.54, 1.807) is 12.3 Å². The molecule has 1 aliphatic carbocycles. The van der Waals surface area contributed by atoms with Crippen molar-refractivity contribution in [1.82, 2.24) is 9.88 Å². The lowest BCUT2D eigenvalue weighted by Gasteiger charge is -2.38. The highest BCUT2D eigenvalue weighted by molar-refractivity contribution is 9.10. The van der Waals surface area contributed by atoms with Gasteiger partial charge in [0, 0.05) is 42.9 Å². The maximum Gasteiger partial charge on any atom is 0.339 e. The molecule has 0 bridgehead atoms. The van der Waals surface area contributed by atoms with Gasteiger partial charge in [0.2, 0.25) is 0 Å². The van der Waals surface area contributed by atoms with Crippen LogP contribution in [0.5, 0.6) is 0 Å².